The van der Waals surface area contributed by atoms with Gasteiger partial charge >= 0.3 is 0 Å². The highest BCUT2D eigenvalue weighted by atomic mass is 19.2. The third-order valence-electron chi connectivity index (χ3n) is 7.55. The molecule has 200 valence electrons. The molecule has 4 rings (SSSR count). The van der Waals surface area contributed by atoms with Crippen molar-refractivity contribution in [3.63, 3.8) is 0 Å². The molecule has 1 aliphatic heterocycles. The lowest BCUT2D eigenvalue weighted by atomic mass is 9.74. The number of aliphatic hydroxyl groups is 1. The maximum absolute atomic E-state index is 15.4. The van der Waals surface area contributed by atoms with Gasteiger partial charge in [0.25, 0.3) is 0 Å². The summed E-state index contributed by atoms with van der Waals surface area (Å²) in [6, 6.07) is 6.48. The molecule has 0 bridgehead atoms. The number of fused-ring (bicyclic) bond motifs is 1. The highest BCUT2D eigenvalue weighted by molar-refractivity contribution is 5.84. The molecule has 2 heterocycles. The van der Waals surface area contributed by atoms with Gasteiger partial charge < -0.3 is 14.7 Å². The first kappa shape index (κ1) is 27.3. The van der Waals surface area contributed by atoms with E-state index >= 15 is 4.39 Å². The summed E-state index contributed by atoms with van der Waals surface area (Å²) >= 11 is 0. The number of alkyl halides is 1. The predicted octanol–water partition coefficient (Wildman–Crippen LogP) is 6.30. The van der Waals surface area contributed by atoms with Gasteiger partial charge in [0, 0.05) is 23.6 Å². The molecule has 0 aliphatic carbocycles. The lowest BCUT2D eigenvalue weighted by Crippen LogP contribution is -2.42. The largest absolute Gasteiger partial charge is 0.497 e. The fraction of sp³-hybridized carbons (Fsp3) is 0.464. The topological polar surface area (TPSA) is 45.6 Å². The van der Waals surface area contributed by atoms with Gasteiger partial charge in [-0.3, -0.25) is 4.98 Å². The van der Waals surface area contributed by atoms with E-state index in [0.717, 1.165) is 12.3 Å². The van der Waals surface area contributed by atoms with Gasteiger partial charge in [-0.15, -0.1) is 0 Å². The van der Waals surface area contributed by atoms with Crippen LogP contribution in [0.3, 0.4) is 0 Å². The number of methoxy groups -OCH3 is 1. The van der Waals surface area contributed by atoms with E-state index in [0.29, 0.717) is 68.0 Å². The quantitative estimate of drug-likeness (QED) is 0.251. The van der Waals surface area contributed by atoms with Crippen LogP contribution in [0.1, 0.15) is 49.4 Å². The van der Waals surface area contributed by atoms with E-state index in [-0.39, 0.29) is 30.6 Å². The van der Waals surface area contributed by atoms with Crippen molar-refractivity contribution in [3.05, 3.63) is 70.9 Å². The number of benzene rings is 2. The van der Waals surface area contributed by atoms with Gasteiger partial charge in [0.15, 0.2) is 11.6 Å². The lowest BCUT2D eigenvalue weighted by molar-refractivity contribution is 0.0298. The molecule has 0 spiro atoms. The Morgan fingerprint density at radius 1 is 1.08 bits per heavy atom. The van der Waals surface area contributed by atoms with Crippen LogP contribution in [-0.4, -0.2) is 48.3 Å². The van der Waals surface area contributed by atoms with Crippen LogP contribution in [-0.2, 0) is 6.42 Å². The molecular weight excluding hydrogens is 491 g/mol. The molecule has 0 saturated carbocycles. The summed E-state index contributed by atoms with van der Waals surface area (Å²) in [5.74, 6) is -3.24. The molecule has 0 unspecified atom stereocenters. The van der Waals surface area contributed by atoms with Crippen molar-refractivity contribution in [1.29, 1.82) is 0 Å². The molecule has 1 atom stereocenters. The molecule has 4 nitrogen and oxygen atoms in total. The molecule has 1 saturated heterocycles. The summed E-state index contributed by atoms with van der Waals surface area (Å²) in [4.78, 5) is 6.19. The molecule has 3 aromatic rings. The van der Waals surface area contributed by atoms with Crippen LogP contribution in [0.25, 0.3) is 10.9 Å². The van der Waals surface area contributed by atoms with Crippen molar-refractivity contribution in [2.24, 2.45) is 5.41 Å². The van der Waals surface area contributed by atoms with Crippen molar-refractivity contribution < 1.29 is 31.8 Å². The molecular formula is C28H31F5N2O2. The first-order valence-corrected chi connectivity index (χ1v) is 12.5. The zero-order valence-electron chi connectivity index (χ0n) is 20.8. The van der Waals surface area contributed by atoms with Gasteiger partial charge in [-0.2, -0.15) is 0 Å². The molecule has 37 heavy (non-hydrogen) atoms. The molecule has 1 aliphatic rings. The van der Waals surface area contributed by atoms with E-state index in [4.69, 9.17) is 4.74 Å². The van der Waals surface area contributed by atoms with Gasteiger partial charge in [-0.25, -0.2) is 22.0 Å². The van der Waals surface area contributed by atoms with Gasteiger partial charge in [0.1, 0.15) is 23.6 Å². The second kappa shape index (κ2) is 11.7. The van der Waals surface area contributed by atoms with Gasteiger partial charge in [0.2, 0.25) is 0 Å². The van der Waals surface area contributed by atoms with Crippen molar-refractivity contribution >= 4 is 10.9 Å². The summed E-state index contributed by atoms with van der Waals surface area (Å²) in [6.45, 7) is 1.82. The Morgan fingerprint density at radius 3 is 2.54 bits per heavy atom. The van der Waals surface area contributed by atoms with E-state index in [9.17, 15) is 22.7 Å². The second-order valence-electron chi connectivity index (χ2n) is 9.87. The number of aliphatic hydroxyl groups excluding tert-OH is 1. The maximum atomic E-state index is 15.4. The zero-order valence-corrected chi connectivity index (χ0v) is 20.8. The van der Waals surface area contributed by atoms with Crippen molar-refractivity contribution in [2.75, 3.05) is 33.4 Å². The summed E-state index contributed by atoms with van der Waals surface area (Å²) < 4.78 is 75.9. The van der Waals surface area contributed by atoms with Crippen LogP contribution < -0.4 is 4.74 Å². The summed E-state index contributed by atoms with van der Waals surface area (Å²) in [6.07, 6.45) is 1.90. The lowest BCUT2D eigenvalue weighted by Gasteiger charge is -2.41. The van der Waals surface area contributed by atoms with Crippen LogP contribution in [0, 0.1) is 28.7 Å². The number of rotatable bonds is 10. The number of hydrogen-bond donors (Lipinski definition) is 1. The van der Waals surface area contributed by atoms with Crippen molar-refractivity contribution in [3.8, 4) is 5.75 Å². The molecule has 9 heteroatoms. The van der Waals surface area contributed by atoms with Crippen LogP contribution in [0.15, 0.2) is 36.5 Å². The molecule has 1 fully saturated rings. The third-order valence-corrected chi connectivity index (χ3v) is 7.55. The highest BCUT2D eigenvalue weighted by Crippen LogP contribution is 2.40. The van der Waals surface area contributed by atoms with Crippen molar-refractivity contribution in [2.45, 2.75) is 44.7 Å². The summed E-state index contributed by atoms with van der Waals surface area (Å²) in [5, 5.41) is 10.5. The fourth-order valence-corrected chi connectivity index (χ4v) is 5.21. The molecule has 0 amide bonds. The first-order valence-electron chi connectivity index (χ1n) is 12.5. The Balaban J connectivity index is 1.33. The van der Waals surface area contributed by atoms with Crippen molar-refractivity contribution in [1.82, 2.24) is 9.88 Å². The Kier molecular flexibility index (Phi) is 8.64. The minimum absolute atomic E-state index is 0.0155. The van der Waals surface area contributed by atoms with Gasteiger partial charge in [0.05, 0.1) is 18.8 Å². The SMILES string of the molecule is COc1ccc2ncc(F)c([C@@H](F)CCC3(CO)CCN(CCCc4cc(F)cc(F)c4F)CC3)c2c1. The Labute approximate surface area is 213 Å². The number of pyridine rings is 1. The number of hydrogen-bond acceptors (Lipinski definition) is 4. The molecule has 1 N–H and O–H groups in total. The second-order valence-corrected chi connectivity index (χ2v) is 9.87. The molecule has 0 radical (unpaired) electrons. The van der Waals surface area contributed by atoms with E-state index in [2.05, 4.69) is 9.88 Å². The van der Waals surface area contributed by atoms with Crippen LogP contribution >= 0.6 is 0 Å². The fourth-order valence-electron chi connectivity index (χ4n) is 5.21. The van der Waals surface area contributed by atoms with E-state index in [1.807, 2.05) is 0 Å². The average Bonchev–Trinajstić information content (AvgIpc) is 2.90. The maximum Gasteiger partial charge on any atom is 0.162 e. The minimum atomic E-state index is -1.57. The Bertz CT molecular complexity index is 1230. The highest BCUT2D eigenvalue weighted by Gasteiger charge is 2.35. The average molecular weight is 523 g/mol. The number of aromatic nitrogens is 1. The summed E-state index contributed by atoms with van der Waals surface area (Å²) in [7, 11) is 1.48. The Morgan fingerprint density at radius 2 is 1.84 bits per heavy atom. The summed E-state index contributed by atoms with van der Waals surface area (Å²) in [5.41, 5.74) is -0.0293. The number of nitrogens with zero attached hydrogens (tertiary/aromatic N) is 2. The smallest absolute Gasteiger partial charge is 0.162 e. The molecule has 2 aromatic carbocycles. The van der Waals surface area contributed by atoms with Crippen LogP contribution in [0.4, 0.5) is 22.0 Å². The number of halogens is 5. The van der Waals surface area contributed by atoms with E-state index in [1.165, 1.54) is 7.11 Å². The molecule has 1 aromatic heterocycles. The number of piperidine rings is 1. The van der Waals surface area contributed by atoms with E-state index in [1.54, 1.807) is 18.2 Å². The minimum Gasteiger partial charge on any atom is -0.497 e. The van der Waals surface area contributed by atoms with Crippen LogP contribution in [0.2, 0.25) is 0 Å². The Hall–Kier alpha value is -2.78. The predicted molar refractivity (Wildman–Crippen MR) is 131 cm³/mol. The van der Waals surface area contributed by atoms with Gasteiger partial charge in [-0.1, -0.05) is 0 Å². The zero-order chi connectivity index (χ0) is 26.6. The monoisotopic (exact) mass is 522 g/mol. The van der Waals surface area contributed by atoms with Crippen LogP contribution in [0.5, 0.6) is 5.75 Å². The third kappa shape index (κ3) is 6.21. The normalized spacial score (nSPS) is 16.7. The van der Waals surface area contributed by atoms with Gasteiger partial charge in [-0.05, 0) is 93.4 Å². The number of likely N-dealkylation sites (tertiary alicyclic amines) is 1. The number of ether oxygens (including phenoxy) is 1. The standard InChI is InChI=1S/C28H31F5N2O2/c1-37-20-4-5-25-21(15-20)26(24(32)16-34-25)22(30)6-7-28(17-36)8-11-35(12-9-28)10-2-3-18-13-19(29)14-23(31)27(18)33/h4-5,13-16,22,36H,2-3,6-12,17H2,1H3/t22-/m0/s1. The number of aryl methyl sites for hydroxylation is 1. The van der Waals surface area contributed by atoms with E-state index < -0.39 is 34.9 Å². The first-order chi connectivity index (χ1) is 17.7.